The number of nitrogens with two attached hydrogens (primary N) is 1. The van der Waals surface area contributed by atoms with E-state index in [0.29, 0.717) is 18.0 Å². The van der Waals surface area contributed by atoms with Gasteiger partial charge in [0.2, 0.25) is 5.91 Å². The first-order valence-corrected chi connectivity index (χ1v) is 7.74. The Labute approximate surface area is 146 Å². The molecule has 2 rings (SSSR count). The van der Waals surface area contributed by atoms with Crippen LogP contribution in [-0.4, -0.2) is 19.0 Å². The van der Waals surface area contributed by atoms with Crippen molar-refractivity contribution in [3.63, 3.8) is 0 Å². The summed E-state index contributed by atoms with van der Waals surface area (Å²) in [6, 6.07) is 12.2. The third-order valence-electron chi connectivity index (χ3n) is 3.49. The lowest BCUT2D eigenvalue weighted by Crippen LogP contribution is -2.20. The molecular weight excluding hydrogens is 318 g/mol. The number of anilines is 1. The van der Waals surface area contributed by atoms with Crippen molar-refractivity contribution in [3.8, 4) is 5.75 Å². The Morgan fingerprint density at radius 2 is 1.88 bits per heavy atom. The monoisotopic (exact) mass is 339 g/mol. The van der Waals surface area contributed by atoms with Crippen LogP contribution in [0.3, 0.4) is 0 Å². The molecule has 0 atom stereocenters. The number of ether oxygens (including phenoxy) is 1. The highest BCUT2D eigenvalue weighted by atomic mass is 16.5. The Morgan fingerprint density at radius 1 is 1.16 bits per heavy atom. The fourth-order valence-corrected chi connectivity index (χ4v) is 2.25. The molecule has 0 radical (unpaired) electrons. The van der Waals surface area contributed by atoms with E-state index in [0.717, 1.165) is 16.7 Å². The molecule has 0 spiro atoms. The van der Waals surface area contributed by atoms with Gasteiger partial charge < -0.3 is 21.1 Å². The molecule has 4 N–H and O–H groups in total. The van der Waals surface area contributed by atoms with Crippen LogP contribution in [0.15, 0.2) is 48.5 Å². The minimum atomic E-state index is -0.613. The Morgan fingerprint density at radius 3 is 2.52 bits per heavy atom. The van der Waals surface area contributed by atoms with Gasteiger partial charge in [0.15, 0.2) is 0 Å². The van der Waals surface area contributed by atoms with Crippen LogP contribution in [0.2, 0.25) is 0 Å². The second kappa shape index (κ2) is 8.54. The number of rotatable bonds is 6. The number of hydrogen-bond acceptors (Lipinski definition) is 3. The van der Waals surface area contributed by atoms with Gasteiger partial charge >= 0.3 is 6.03 Å². The zero-order valence-electron chi connectivity index (χ0n) is 14.2. The summed E-state index contributed by atoms with van der Waals surface area (Å²) in [4.78, 5) is 22.7. The number of carbonyl (C=O) groups excluding carboxylic acids is 2. The quantitative estimate of drug-likeness (QED) is 0.707. The van der Waals surface area contributed by atoms with Crippen LogP contribution >= 0.6 is 0 Å². The van der Waals surface area contributed by atoms with Gasteiger partial charge in [-0.15, -0.1) is 0 Å². The van der Waals surface area contributed by atoms with E-state index in [1.165, 1.54) is 6.08 Å². The third kappa shape index (κ3) is 5.69. The highest BCUT2D eigenvalue weighted by Crippen LogP contribution is 2.20. The number of nitrogens with one attached hydrogen (secondary N) is 2. The Balaban J connectivity index is 1.92. The molecule has 25 heavy (non-hydrogen) atoms. The number of urea groups is 1. The summed E-state index contributed by atoms with van der Waals surface area (Å²) in [7, 11) is 1.60. The van der Waals surface area contributed by atoms with Crippen molar-refractivity contribution >= 4 is 23.7 Å². The predicted octanol–water partition coefficient (Wildman–Crippen LogP) is 2.82. The van der Waals surface area contributed by atoms with Crippen LogP contribution < -0.4 is 21.1 Å². The number of benzene rings is 2. The Hall–Kier alpha value is -3.28. The second-order valence-electron chi connectivity index (χ2n) is 5.48. The molecule has 130 valence electrons. The van der Waals surface area contributed by atoms with Gasteiger partial charge in [-0.1, -0.05) is 23.8 Å². The Bertz CT molecular complexity index is 783. The lowest BCUT2D eigenvalue weighted by atomic mass is 10.1. The van der Waals surface area contributed by atoms with E-state index in [1.54, 1.807) is 37.5 Å². The van der Waals surface area contributed by atoms with Crippen molar-refractivity contribution in [1.29, 1.82) is 0 Å². The van der Waals surface area contributed by atoms with E-state index in [-0.39, 0.29) is 5.91 Å². The standard InChI is InChI=1S/C19H21N3O3/c1-13-3-9-17(25-2)15(11-13)6-10-18(23)21-12-14-4-7-16(8-5-14)22-19(20)24/h3-11H,12H2,1-2H3,(H,21,23)(H3,20,22,24)/b10-6+. The van der Waals surface area contributed by atoms with Gasteiger partial charge in [-0.3, -0.25) is 4.79 Å². The molecule has 0 saturated carbocycles. The number of primary amides is 1. The molecule has 2 aromatic carbocycles. The van der Waals surface area contributed by atoms with Crippen LogP contribution in [-0.2, 0) is 11.3 Å². The molecule has 0 unspecified atom stereocenters. The number of hydrogen-bond donors (Lipinski definition) is 3. The van der Waals surface area contributed by atoms with Crippen molar-refractivity contribution < 1.29 is 14.3 Å². The molecular formula is C19H21N3O3. The van der Waals surface area contributed by atoms with Crippen molar-refractivity contribution in [2.24, 2.45) is 5.73 Å². The average Bonchev–Trinajstić information content (AvgIpc) is 2.59. The molecule has 0 aliphatic heterocycles. The smallest absolute Gasteiger partial charge is 0.316 e. The second-order valence-corrected chi connectivity index (χ2v) is 5.48. The summed E-state index contributed by atoms with van der Waals surface area (Å²) in [5.41, 5.74) is 8.50. The zero-order valence-corrected chi connectivity index (χ0v) is 14.2. The minimum absolute atomic E-state index is 0.206. The van der Waals surface area contributed by atoms with E-state index in [9.17, 15) is 9.59 Å². The molecule has 0 aliphatic carbocycles. The third-order valence-corrected chi connectivity index (χ3v) is 3.49. The number of amides is 3. The van der Waals surface area contributed by atoms with E-state index in [4.69, 9.17) is 10.5 Å². The van der Waals surface area contributed by atoms with Crippen LogP contribution in [0.25, 0.3) is 6.08 Å². The fourth-order valence-electron chi connectivity index (χ4n) is 2.25. The van der Waals surface area contributed by atoms with Gasteiger partial charge in [-0.2, -0.15) is 0 Å². The maximum Gasteiger partial charge on any atom is 0.316 e. The van der Waals surface area contributed by atoms with Crippen LogP contribution in [0, 0.1) is 6.92 Å². The molecule has 0 aromatic heterocycles. The fraction of sp³-hybridized carbons (Fsp3) is 0.158. The van der Waals surface area contributed by atoms with Gasteiger partial charge in [-0.05, 0) is 42.8 Å². The molecule has 0 heterocycles. The largest absolute Gasteiger partial charge is 0.496 e. The van der Waals surface area contributed by atoms with Gasteiger partial charge in [0.05, 0.1) is 7.11 Å². The van der Waals surface area contributed by atoms with E-state index < -0.39 is 6.03 Å². The summed E-state index contributed by atoms with van der Waals surface area (Å²) in [6.07, 6.45) is 3.20. The topological polar surface area (TPSA) is 93.4 Å². The van der Waals surface area contributed by atoms with Crippen molar-refractivity contribution in [1.82, 2.24) is 5.32 Å². The molecule has 6 heteroatoms. The predicted molar refractivity (Wildman–Crippen MR) is 98.3 cm³/mol. The summed E-state index contributed by atoms with van der Waals surface area (Å²) in [6.45, 7) is 2.36. The highest BCUT2D eigenvalue weighted by molar-refractivity contribution is 5.92. The van der Waals surface area contributed by atoms with Crippen LogP contribution in [0.5, 0.6) is 5.75 Å². The number of aryl methyl sites for hydroxylation is 1. The van der Waals surface area contributed by atoms with Gasteiger partial charge in [-0.25, -0.2) is 4.79 Å². The highest BCUT2D eigenvalue weighted by Gasteiger charge is 2.02. The summed E-state index contributed by atoms with van der Waals surface area (Å²) in [5.74, 6) is 0.509. The van der Waals surface area contributed by atoms with E-state index in [2.05, 4.69) is 10.6 Å². The zero-order chi connectivity index (χ0) is 18.2. The normalized spacial score (nSPS) is 10.5. The lowest BCUT2D eigenvalue weighted by molar-refractivity contribution is -0.116. The Kier molecular flexibility index (Phi) is 6.17. The molecule has 0 fully saturated rings. The lowest BCUT2D eigenvalue weighted by Gasteiger charge is -2.06. The van der Waals surface area contributed by atoms with E-state index in [1.807, 2.05) is 25.1 Å². The molecule has 0 saturated heterocycles. The van der Waals surface area contributed by atoms with Gasteiger partial charge in [0.25, 0.3) is 0 Å². The van der Waals surface area contributed by atoms with E-state index >= 15 is 0 Å². The number of carbonyl (C=O) groups is 2. The molecule has 0 bridgehead atoms. The summed E-state index contributed by atoms with van der Waals surface area (Å²) >= 11 is 0. The average molecular weight is 339 g/mol. The summed E-state index contributed by atoms with van der Waals surface area (Å²) in [5, 5.41) is 5.28. The minimum Gasteiger partial charge on any atom is -0.496 e. The maximum absolute atomic E-state index is 12.0. The van der Waals surface area contributed by atoms with Crippen LogP contribution in [0.4, 0.5) is 10.5 Å². The van der Waals surface area contributed by atoms with Crippen molar-refractivity contribution in [2.45, 2.75) is 13.5 Å². The first-order valence-electron chi connectivity index (χ1n) is 7.74. The maximum atomic E-state index is 12.0. The first kappa shape index (κ1) is 18.1. The van der Waals surface area contributed by atoms with Crippen molar-refractivity contribution in [2.75, 3.05) is 12.4 Å². The SMILES string of the molecule is COc1ccc(C)cc1/C=C/C(=O)NCc1ccc(NC(N)=O)cc1. The molecule has 2 aromatic rings. The van der Waals surface area contributed by atoms with Gasteiger partial charge in [0.1, 0.15) is 5.75 Å². The first-order chi connectivity index (χ1) is 12.0. The van der Waals surface area contributed by atoms with Gasteiger partial charge in [0, 0.05) is 23.9 Å². The molecule has 6 nitrogen and oxygen atoms in total. The summed E-state index contributed by atoms with van der Waals surface area (Å²) < 4.78 is 5.28. The molecule has 3 amide bonds. The van der Waals surface area contributed by atoms with Crippen LogP contribution in [0.1, 0.15) is 16.7 Å². The van der Waals surface area contributed by atoms with Crippen molar-refractivity contribution in [3.05, 3.63) is 65.2 Å². The number of methoxy groups -OCH3 is 1. The molecule has 0 aliphatic rings.